The van der Waals surface area contributed by atoms with Crippen molar-refractivity contribution >= 4 is 5.69 Å². The molecule has 6 heteroatoms. The average Bonchev–Trinajstić information content (AvgIpc) is 2.86. The lowest BCUT2D eigenvalue weighted by Crippen LogP contribution is -2.20. The second kappa shape index (κ2) is 6.20. The van der Waals surface area contributed by atoms with Crippen LogP contribution in [-0.4, -0.2) is 16.0 Å². The maximum atomic E-state index is 12.8. The summed E-state index contributed by atoms with van der Waals surface area (Å²) in [6, 6.07) is 7.97. The molecule has 0 aliphatic rings. The lowest BCUT2D eigenvalue weighted by Gasteiger charge is -2.21. The summed E-state index contributed by atoms with van der Waals surface area (Å²) in [7, 11) is 0. The van der Waals surface area contributed by atoms with E-state index in [1.165, 1.54) is 0 Å². The monoisotopic (exact) mass is 297 g/mol. The second-order valence-electron chi connectivity index (χ2n) is 5.23. The first-order valence-corrected chi connectivity index (χ1v) is 6.77. The average molecular weight is 297 g/mol. The van der Waals surface area contributed by atoms with Gasteiger partial charge in [-0.15, -0.1) is 0 Å². The van der Waals surface area contributed by atoms with Gasteiger partial charge in [0.1, 0.15) is 0 Å². The molecular formula is C15H18F3N3. The van der Waals surface area contributed by atoms with E-state index in [0.717, 1.165) is 0 Å². The summed E-state index contributed by atoms with van der Waals surface area (Å²) in [6.45, 7) is 3.92. The fourth-order valence-corrected chi connectivity index (χ4v) is 2.07. The van der Waals surface area contributed by atoms with Gasteiger partial charge in [-0.2, -0.15) is 18.3 Å². The van der Waals surface area contributed by atoms with Crippen LogP contribution in [-0.2, 0) is 0 Å². The minimum atomic E-state index is -4.23. The SMILES string of the molecule is CC(C)n1cc(NC(CC(F)(F)F)c2ccccc2)cn1. The number of alkyl halides is 3. The number of hydrogen-bond donors (Lipinski definition) is 1. The van der Waals surface area contributed by atoms with Crippen molar-refractivity contribution in [3.05, 3.63) is 48.3 Å². The molecule has 1 N–H and O–H groups in total. The van der Waals surface area contributed by atoms with Crippen molar-refractivity contribution in [3.63, 3.8) is 0 Å². The van der Waals surface area contributed by atoms with Gasteiger partial charge in [0.15, 0.2) is 0 Å². The van der Waals surface area contributed by atoms with Gasteiger partial charge < -0.3 is 5.32 Å². The van der Waals surface area contributed by atoms with E-state index < -0.39 is 18.6 Å². The Morgan fingerprint density at radius 2 is 1.86 bits per heavy atom. The Labute approximate surface area is 121 Å². The number of rotatable bonds is 5. The van der Waals surface area contributed by atoms with Gasteiger partial charge in [0.2, 0.25) is 0 Å². The van der Waals surface area contributed by atoms with Gasteiger partial charge in [0, 0.05) is 12.2 Å². The lowest BCUT2D eigenvalue weighted by atomic mass is 10.0. The van der Waals surface area contributed by atoms with E-state index in [1.54, 1.807) is 47.4 Å². The Kier molecular flexibility index (Phi) is 4.55. The van der Waals surface area contributed by atoms with Crippen LogP contribution in [0.3, 0.4) is 0 Å². The highest BCUT2D eigenvalue weighted by molar-refractivity contribution is 5.42. The van der Waals surface area contributed by atoms with Crippen molar-refractivity contribution in [1.82, 2.24) is 9.78 Å². The highest BCUT2D eigenvalue weighted by Crippen LogP contribution is 2.32. The highest BCUT2D eigenvalue weighted by atomic mass is 19.4. The number of halogens is 3. The molecule has 0 fully saturated rings. The minimum Gasteiger partial charge on any atom is -0.375 e. The van der Waals surface area contributed by atoms with Crippen molar-refractivity contribution in [2.45, 2.75) is 38.5 Å². The fourth-order valence-electron chi connectivity index (χ4n) is 2.07. The topological polar surface area (TPSA) is 29.9 Å². The molecule has 114 valence electrons. The Hall–Kier alpha value is -1.98. The molecule has 3 nitrogen and oxygen atoms in total. The molecule has 21 heavy (non-hydrogen) atoms. The van der Waals surface area contributed by atoms with E-state index in [2.05, 4.69) is 10.4 Å². The van der Waals surface area contributed by atoms with E-state index in [-0.39, 0.29) is 6.04 Å². The Morgan fingerprint density at radius 3 is 2.38 bits per heavy atom. The summed E-state index contributed by atoms with van der Waals surface area (Å²) in [5.74, 6) is 0. The van der Waals surface area contributed by atoms with E-state index in [0.29, 0.717) is 11.3 Å². The number of hydrogen-bond acceptors (Lipinski definition) is 2. The molecule has 0 bridgehead atoms. The Balaban J connectivity index is 2.19. The van der Waals surface area contributed by atoms with Crippen molar-refractivity contribution in [2.75, 3.05) is 5.32 Å². The van der Waals surface area contributed by atoms with E-state index in [4.69, 9.17) is 0 Å². The molecule has 1 atom stereocenters. The first kappa shape index (κ1) is 15.4. The molecule has 2 rings (SSSR count). The van der Waals surface area contributed by atoms with Crippen LogP contribution in [0.25, 0.3) is 0 Å². The molecule has 0 amide bonds. The smallest absolute Gasteiger partial charge is 0.375 e. The van der Waals surface area contributed by atoms with Gasteiger partial charge in [-0.25, -0.2) is 0 Å². The van der Waals surface area contributed by atoms with Crippen molar-refractivity contribution in [2.24, 2.45) is 0 Å². The molecular weight excluding hydrogens is 279 g/mol. The third kappa shape index (κ3) is 4.51. The number of nitrogens with one attached hydrogen (secondary N) is 1. The zero-order valence-electron chi connectivity index (χ0n) is 11.9. The van der Waals surface area contributed by atoms with Crippen LogP contribution >= 0.6 is 0 Å². The summed E-state index contributed by atoms with van der Waals surface area (Å²) in [6.07, 6.45) is -1.89. The third-order valence-electron chi connectivity index (χ3n) is 3.11. The zero-order valence-corrected chi connectivity index (χ0v) is 11.9. The van der Waals surface area contributed by atoms with E-state index in [9.17, 15) is 13.2 Å². The van der Waals surface area contributed by atoms with Crippen LogP contribution in [0.4, 0.5) is 18.9 Å². The number of aromatic nitrogens is 2. The largest absolute Gasteiger partial charge is 0.391 e. The highest BCUT2D eigenvalue weighted by Gasteiger charge is 2.32. The van der Waals surface area contributed by atoms with Gasteiger partial charge in [-0.3, -0.25) is 4.68 Å². The van der Waals surface area contributed by atoms with Crippen LogP contribution in [0.1, 0.15) is 37.9 Å². The van der Waals surface area contributed by atoms with Gasteiger partial charge >= 0.3 is 6.18 Å². The minimum absolute atomic E-state index is 0.165. The summed E-state index contributed by atoms with van der Waals surface area (Å²) in [5.41, 5.74) is 1.19. The summed E-state index contributed by atoms with van der Waals surface area (Å²) < 4.78 is 40.0. The van der Waals surface area contributed by atoms with E-state index in [1.807, 2.05) is 13.8 Å². The third-order valence-corrected chi connectivity index (χ3v) is 3.11. The standard InChI is InChI=1S/C15H18F3N3/c1-11(2)21-10-13(9-19-21)20-14(8-15(16,17)18)12-6-4-3-5-7-12/h3-7,9-11,14,20H,8H2,1-2H3. The molecule has 0 aliphatic heterocycles. The van der Waals surface area contributed by atoms with Crippen LogP contribution in [0.5, 0.6) is 0 Å². The quantitative estimate of drug-likeness (QED) is 0.876. The molecule has 1 aromatic heterocycles. The number of nitrogens with zero attached hydrogens (tertiary/aromatic N) is 2. The molecule has 0 saturated carbocycles. The molecule has 1 heterocycles. The Bertz CT molecular complexity index is 561. The Morgan fingerprint density at radius 1 is 1.19 bits per heavy atom. The van der Waals surface area contributed by atoms with Gasteiger partial charge in [-0.05, 0) is 19.4 Å². The van der Waals surface area contributed by atoms with Crippen LogP contribution in [0.15, 0.2) is 42.7 Å². The van der Waals surface area contributed by atoms with Crippen LogP contribution in [0, 0.1) is 0 Å². The molecule has 0 spiro atoms. The summed E-state index contributed by atoms with van der Waals surface area (Å²) >= 11 is 0. The van der Waals surface area contributed by atoms with Crippen molar-refractivity contribution in [3.8, 4) is 0 Å². The maximum absolute atomic E-state index is 12.8. The normalized spacial score (nSPS) is 13.4. The van der Waals surface area contributed by atoms with E-state index >= 15 is 0 Å². The van der Waals surface area contributed by atoms with Gasteiger partial charge in [0.05, 0.1) is 24.3 Å². The second-order valence-corrected chi connectivity index (χ2v) is 5.23. The first-order chi connectivity index (χ1) is 9.85. The van der Waals surface area contributed by atoms with Crippen LogP contribution < -0.4 is 5.32 Å². The molecule has 2 aromatic rings. The predicted octanol–water partition coefficient (Wildman–Crippen LogP) is 4.57. The number of benzene rings is 1. The molecule has 0 saturated heterocycles. The number of anilines is 1. The fraction of sp³-hybridized carbons (Fsp3) is 0.400. The zero-order chi connectivity index (χ0) is 15.5. The first-order valence-electron chi connectivity index (χ1n) is 6.77. The van der Waals surface area contributed by atoms with Gasteiger partial charge in [0.25, 0.3) is 0 Å². The molecule has 0 radical (unpaired) electrons. The maximum Gasteiger partial charge on any atom is 0.391 e. The van der Waals surface area contributed by atoms with Crippen molar-refractivity contribution < 1.29 is 13.2 Å². The van der Waals surface area contributed by atoms with Crippen molar-refractivity contribution in [1.29, 1.82) is 0 Å². The summed E-state index contributed by atoms with van der Waals surface area (Å²) in [4.78, 5) is 0. The lowest BCUT2D eigenvalue weighted by molar-refractivity contribution is -0.137. The molecule has 1 aromatic carbocycles. The predicted molar refractivity (Wildman–Crippen MR) is 76.1 cm³/mol. The van der Waals surface area contributed by atoms with Crippen LogP contribution in [0.2, 0.25) is 0 Å². The summed E-state index contributed by atoms with van der Waals surface area (Å²) in [5, 5.41) is 7.06. The molecule has 0 aliphatic carbocycles. The molecule has 1 unspecified atom stereocenters. The van der Waals surface area contributed by atoms with Gasteiger partial charge in [-0.1, -0.05) is 30.3 Å².